The highest BCUT2D eigenvalue weighted by atomic mass is 35.5. The fourth-order valence-corrected chi connectivity index (χ4v) is 4.63. The van der Waals surface area contributed by atoms with Crippen molar-refractivity contribution in [1.29, 1.82) is 0 Å². The van der Waals surface area contributed by atoms with Crippen molar-refractivity contribution in [3.8, 4) is 0 Å². The third-order valence-corrected chi connectivity index (χ3v) is 6.56. The van der Waals surface area contributed by atoms with Gasteiger partial charge in [-0.3, -0.25) is 4.90 Å². The van der Waals surface area contributed by atoms with Gasteiger partial charge in [0.15, 0.2) is 0 Å². The number of nitrogens with zero attached hydrogens (tertiary/aromatic N) is 4. The topological polar surface area (TPSA) is 64.5 Å². The van der Waals surface area contributed by atoms with Gasteiger partial charge in [0.25, 0.3) is 0 Å². The molecule has 1 aromatic heterocycles. The maximum atomic E-state index is 13.8. The molecule has 0 aliphatic carbocycles. The van der Waals surface area contributed by atoms with Crippen molar-refractivity contribution in [2.24, 2.45) is 0 Å². The van der Waals surface area contributed by atoms with Crippen molar-refractivity contribution >= 4 is 34.5 Å². The van der Waals surface area contributed by atoms with Gasteiger partial charge in [-0.2, -0.15) is 0 Å². The van der Waals surface area contributed by atoms with Gasteiger partial charge in [0.1, 0.15) is 5.82 Å². The summed E-state index contributed by atoms with van der Waals surface area (Å²) < 4.78 is 13.8. The molecule has 0 radical (unpaired) electrons. The fraction of sp³-hybridized carbons (Fsp3) is 0.333. The lowest BCUT2D eigenvalue weighted by Gasteiger charge is -2.35. The van der Waals surface area contributed by atoms with Crippen molar-refractivity contribution in [2.75, 3.05) is 49.5 Å². The lowest BCUT2D eigenvalue weighted by Crippen LogP contribution is -2.47. The molecule has 184 valence electrons. The van der Waals surface area contributed by atoms with Crippen LogP contribution in [0.25, 0.3) is 5.57 Å². The second kappa shape index (κ2) is 11.6. The van der Waals surface area contributed by atoms with E-state index in [1.54, 1.807) is 18.3 Å². The lowest BCUT2D eigenvalue weighted by atomic mass is 9.95. The molecule has 0 atom stereocenters. The van der Waals surface area contributed by atoms with E-state index in [0.717, 1.165) is 60.8 Å². The van der Waals surface area contributed by atoms with Crippen LogP contribution >= 0.6 is 11.6 Å². The number of allylic oxidation sites excluding steroid dienone is 1. The summed E-state index contributed by atoms with van der Waals surface area (Å²) >= 11 is 6.52. The molecular formula is C27H31ClFN5O. The van der Waals surface area contributed by atoms with Gasteiger partial charge in [-0.1, -0.05) is 36.7 Å². The van der Waals surface area contributed by atoms with Crippen molar-refractivity contribution in [3.05, 3.63) is 82.4 Å². The van der Waals surface area contributed by atoms with Gasteiger partial charge in [0.05, 0.1) is 23.5 Å². The lowest BCUT2D eigenvalue weighted by molar-refractivity contribution is 0.189. The zero-order chi connectivity index (χ0) is 24.8. The SMILES string of the molecule is C/C=C(\c1ccc(F)cc1CC)c1nc(Nc2cccc(N3CCN(CCO)CC3)c2)ncc1Cl. The van der Waals surface area contributed by atoms with Crippen LogP contribution < -0.4 is 10.2 Å². The normalized spacial score (nSPS) is 14.9. The van der Waals surface area contributed by atoms with E-state index in [4.69, 9.17) is 21.7 Å². The van der Waals surface area contributed by atoms with E-state index in [-0.39, 0.29) is 12.4 Å². The number of hydrogen-bond acceptors (Lipinski definition) is 6. The molecule has 6 nitrogen and oxygen atoms in total. The van der Waals surface area contributed by atoms with Gasteiger partial charge in [-0.15, -0.1) is 0 Å². The Hall–Kier alpha value is -3.00. The van der Waals surface area contributed by atoms with Crippen LogP contribution in [0.3, 0.4) is 0 Å². The number of benzene rings is 2. The van der Waals surface area contributed by atoms with Crippen LogP contribution in [0, 0.1) is 5.82 Å². The third-order valence-electron chi connectivity index (χ3n) is 6.28. The fourth-order valence-electron chi connectivity index (χ4n) is 4.43. The van der Waals surface area contributed by atoms with E-state index in [9.17, 15) is 4.39 Å². The van der Waals surface area contributed by atoms with Gasteiger partial charge < -0.3 is 15.3 Å². The van der Waals surface area contributed by atoms with Gasteiger partial charge in [0, 0.05) is 49.7 Å². The van der Waals surface area contributed by atoms with Crippen LogP contribution in [-0.4, -0.2) is 59.3 Å². The zero-order valence-corrected chi connectivity index (χ0v) is 20.9. The minimum atomic E-state index is -0.258. The molecular weight excluding hydrogens is 465 g/mol. The number of aliphatic hydroxyl groups is 1. The first-order chi connectivity index (χ1) is 17.0. The summed E-state index contributed by atoms with van der Waals surface area (Å²) in [6.45, 7) is 8.51. The molecule has 2 N–H and O–H groups in total. The Kier molecular flexibility index (Phi) is 8.33. The summed E-state index contributed by atoms with van der Waals surface area (Å²) in [6.07, 6.45) is 4.23. The van der Waals surface area contributed by atoms with E-state index in [1.807, 2.05) is 32.1 Å². The molecule has 2 heterocycles. The zero-order valence-electron chi connectivity index (χ0n) is 20.1. The predicted octanol–water partition coefficient (Wildman–Crippen LogP) is 5.14. The number of anilines is 3. The van der Waals surface area contributed by atoms with Crippen LogP contribution in [0.5, 0.6) is 0 Å². The summed E-state index contributed by atoms with van der Waals surface area (Å²) in [5.74, 6) is 0.181. The number of rotatable bonds is 8. The number of piperazine rings is 1. The number of aromatic nitrogens is 2. The molecule has 1 aliphatic heterocycles. The molecule has 0 bridgehead atoms. The molecule has 3 aromatic rings. The number of aryl methyl sites for hydroxylation is 1. The van der Waals surface area contributed by atoms with Gasteiger partial charge in [-0.05, 0) is 54.8 Å². The molecule has 4 rings (SSSR count). The largest absolute Gasteiger partial charge is 0.395 e. The summed E-state index contributed by atoms with van der Waals surface area (Å²) in [7, 11) is 0. The van der Waals surface area contributed by atoms with Crippen LogP contribution in [0.1, 0.15) is 30.7 Å². The van der Waals surface area contributed by atoms with Crippen LogP contribution in [0.15, 0.2) is 54.7 Å². The second-order valence-electron chi connectivity index (χ2n) is 8.48. The maximum Gasteiger partial charge on any atom is 0.227 e. The van der Waals surface area contributed by atoms with Gasteiger partial charge in [-0.25, -0.2) is 14.4 Å². The summed E-state index contributed by atoms with van der Waals surface area (Å²) in [4.78, 5) is 13.7. The van der Waals surface area contributed by atoms with E-state index < -0.39 is 0 Å². The number of halogens is 2. The van der Waals surface area contributed by atoms with E-state index in [2.05, 4.69) is 32.2 Å². The van der Waals surface area contributed by atoms with Crippen LogP contribution in [-0.2, 0) is 6.42 Å². The monoisotopic (exact) mass is 495 g/mol. The Labute approximate surface area is 211 Å². The standard InChI is InChI=1S/C27H31ClFN5O/c1-3-19-16-20(29)8-9-24(19)23(4-2)26-25(28)18-30-27(32-26)31-21-6-5-7-22(17-21)34-12-10-33(11-13-34)14-15-35/h4-9,16-18,35H,3,10-15H2,1-2H3,(H,30,31,32)/b23-4+. The van der Waals surface area contributed by atoms with Crippen molar-refractivity contribution in [1.82, 2.24) is 14.9 Å². The summed E-state index contributed by atoms with van der Waals surface area (Å²) in [6, 6.07) is 13.0. The van der Waals surface area contributed by atoms with Crippen LogP contribution in [0.4, 0.5) is 21.7 Å². The first-order valence-electron chi connectivity index (χ1n) is 12.0. The minimum absolute atomic E-state index is 0.193. The Bertz CT molecular complexity index is 1190. The predicted molar refractivity (Wildman–Crippen MR) is 141 cm³/mol. The minimum Gasteiger partial charge on any atom is -0.395 e. The molecule has 0 saturated carbocycles. The number of aliphatic hydroxyl groups excluding tert-OH is 1. The summed E-state index contributed by atoms with van der Waals surface area (Å²) in [5.41, 5.74) is 5.25. The number of β-amino-alcohol motifs (C(OH)–C–C–N with tert-alkyl or cyclic N) is 1. The number of hydrogen-bond donors (Lipinski definition) is 2. The Morgan fingerprint density at radius 3 is 2.69 bits per heavy atom. The Morgan fingerprint density at radius 1 is 1.17 bits per heavy atom. The highest BCUT2D eigenvalue weighted by Crippen LogP contribution is 2.32. The van der Waals surface area contributed by atoms with E-state index >= 15 is 0 Å². The molecule has 1 saturated heterocycles. The Balaban J connectivity index is 1.56. The molecule has 35 heavy (non-hydrogen) atoms. The molecule has 0 spiro atoms. The highest BCUT2D eigenvalue weighted by Gasteiger charge is 2.18. The molecule has 0 unspecified atom stereocenters. The highest BCUT2D eigenvalue weighted by molar-refractivity contribution is 6.32. The Morgan fingerprint density at radius 2 is 1.97 bits per heavy atom. The van der Waals surface area contributed by atoms with Crippen molar-refractivity contribution in [2.45, 2.75) is 20.3 Å². The van der Waals surface area contributed by atoms with Gasteiger partial charge >= 0.3 is 0 Å². The summed E-state index contributed by atoms with van der Waals surface area (Å²) in [5, 5.41) is 12.9. The van der Waals surface area contributed by atoms with Crippen molar-refractivity contribution < 1.29 is 9.50 Å². The van der Waals surface area contributed by atoms with Crippen LogP contribution in [0.2, 0.25) is 5.02 Å². The molecule has 1 fully saturated rings. The average Bonchev–Trinajstić information content (AvgIpc) is 2.88. The third kappa shape index (κ3) is 5.99. The van der Waals surface area contributed by atoms with Gasteiger partial charge in [0.2, 0.25) is 5.95 Å². The molecule has 1 aliphatic rings. The van der Waals surface area contributed by atoms with E-state index in [0.29, 0.717) is 23.1 Å². The quantitative estimate of drug-likeness (QED) is 0.451. The molecule has 2 aromatic carbocycles. The second-order valence-corrected chi connectivity index (χ2v) is 8.88. The number of nitrogens with one attached hydrogen (secondary N) is 1. The van der Waals surface area contributed by atoms with Crippen molar-refractivity contribution in [3.63, 3.8) is 0 Å². The smallest absolute Gasteiger partial charge is 0.227 e. The average molecular weight is 496 g/mol. The maximum absolute atomic E-state index is 13.8. The first-order valence-corrected chi connectivity index (χ1v) is 12.3. The molecule has 0 amide bonds. The first kappa shape index (κ1) is 25.1. The molecule has 8 heteroatoms. The van der Waals surface area contributed by atoms with E-state index in [1.165, 1.54) is 6.07 Å².